The van der Waals surface area contributed by atoms with Crippen molar-refractivity contribution in [2.45, 2.75) is 0 Å². The second-order valence-electron chi connectivity index (χ2n) is 16.8. The highest BCUT2D eigenvalue weighted by molar-refractivity contribution is 6.15. The molecule has 0 atom stereocenters. The molecule has 0 radical (unpaired) electrons. The lowest BCUT2D eigenvalue weighted by Crippen LogP contribution is -2.01. The van der Waals surface area contributed by atoms with Gasteiger partial charge in [0.05, 0.1) is 27.8 Å². The molecule has 0 spiro atoms. The van der Waals surface area contributed by atoms with Crippen LogP contribution in [0.5, 0.6) is 0 Å². The van der Waals surface area contributed by atoms with E-state index in [2.05, 4.69) is 240 Å². The van der Waals surface area contributed by atoms with E-state index >= 15 is 0 Å². The first-order valence-corrected chi connectivity index (χ1v) is 22.3. The van der Waals surface area contributed by atoms with Gasteiger partial charge in [-0.1, -0.05) is 182 Å². The molecule has 0 saturated heterocycles. The van der Waals surface area contributed by atoms with Crippen molar-refractivity contribution in [1.82, 2.24) is 24.1 Å². The van der Waals surface area contributed by atoms with E-state index < -0.39 is 0 Å². The number of rotatable bonds is 7. The summed E-state index contributed by atoms with van der Waals surface area (Å²) >= 11 is 0. The first-order valence-electron chi connectivity index (χ1n) is 22.3. The van der Waals surface area contributed by atoms with E-state index in [-0.39, 0.29) is 0 Å². The Bertz CT molecular complexity index is 3960. The molecule has 13 aromatic rings. The number of hydrogen-bond donors (Lipinski definition) is 0. The average Bonchev–Trinajstić information content (AvgIpc) is 3.92. The number of aromatic nitrogens is 5. The Morgan fingerprint density at radius 3 is 1.39 bits per heavy atom. The minimum absolute atomic E-state index is 0.619. The molecule has 66 heavy (non-hydrogen) atoms. The van der Waals surface area contributed by atoms with Crippen molar-refractivity contribution in [1.29, 1.82) is 0 Å². The van der Waals surface area contributed by atoms with Crippen LogP contribution in [0.1, 0.15) is 0 Å². The van der Waals surface area contributed by atoms with Crippen LogP contribution in [0.4, 0.5) is 0 Å². The molecule has 3 aromatic heterocycles. The van der Waals surface area contributed by atoms with Crippen molar-refractivity contribution in [3.63, 3.8) is 0 Å². The summed E-state index contributed by atoms with van der Waals surface area (Å²) in [6.07, 6.45) is 0. The van der Waals surface area contributed by atoms with Crippen LogP contribution in [0.25, 0.3) is 122 Å². The molecule has 0 bridgehead atoms. The fourth-order valence-corrected chi connectivity index (χ4v) is 9.79. The Morgan fingerprint density at radius 1 is 0.258 bits per heavy atom. The normalized spacial score (nSPS) is 11.6. The number of nitrogens with zero attached hydrogens (tertiary/aromatic N) is 5. The summed E-state index contributed by atoms with van der Waals surface area (Å²) < 4.78 is 4.83. The van der Waals surface area contributed by atoms with Crippen LogP contribution < -0.4 is 0 Å². The first-order chi connectivity index (χ1) is 32.7. The summed E-state index contributed by atoms with van der Waals surface area (Å²) in [7, 11) is 0. The first kappa shape index (κ1) is 37.6. The van der Waals surface area contributed by atoms with E-state index in [1.54, 1.807) is 0 Å². The van der Waals surface area contributed by atoms with Gasteiger partial charge in [-0.05, 0) is 87.6 Å². The SMILES string of the molecule is c1ccc(-c2ccc(-c3ccc(-c4nc(-c5ccc6ccccc6c5)nc(-c5ccc6c(c5)c5ccccc5n6-c5cccc6c7ccccc7n(-c7ccccc7)c56)n4)cc3)cc2)cc1. The van der Waals surface area contributed by atoms with E-state index in [4.69, 9.17) is 15.0 Å². The molecule has 0 aliphatic rings. The van der Waals surface area contributed by atoms with Gasteiger partial charge < -0.3 is 9.13 Å². The highest BCUT2D eigenvalue weighted by Crippen LogP contribution is 2.41. The maximum Gasteiger partial charge on any atom is 0.164 e. The third-order valence-electron chi connectivity index (χ3n) is 13.0. The van der Waals surface area contributed by atoms with Crippen LogP contribution in [0, 0.1) is 0 Å². The van der Waals surface area contributed by atoms with Gasteiger partial charge in [-0.3, -0.25) is 0 Å². The minimum Gasteiger partial charge on any atom is -0.307 e. The summed E-state index contributed by atoms with van der Waals surface area (Å²) in [5.41, 5.74) is 14.3. The number of fused-ring (bicyclic) bond motifs is 7. The maximum atomic E-state index is 5.24. The van der Waals surface area contributed by atoms with Gasteiger partial charge in [-0.15, -0.1) is 0 Å². The molecule has 10 aromatic carbocycles. The molecular weight excluding hydrogens is 803 g/mol. The Labute approximate surface area is 381 Å². The van der Waals surface area contributed by atoms with Crippen molar-refractivity contribution in [3.05, 3.63) is 237 Å². The van der Waals surface area contributed by atoms with Crippen LogP contribution in [-0.2, 0) is 0 Å². The summed E-state index contributed by atoms with van der Waals surface area (Å²) in [6.45, 7) is 0. The van der Waals surface area contributed by atoms with Crippen molar-refractivity contribution in [3.8, 4) is 67.8 Å². The summed E-state index contributed by atoms with van der Waals surface area (Å²) in [4.78, 5) is 15.6. The number of para-hydroxylation sites is 4. The molecule has 5 nitrogen and oxygen atoms in total. The molecule has 3 heterocycles. The van der Waals surface area contributed by atoms with E-state index in [9.17, 15) is 0 Å². The van der Waals surface area contributed by atoms with Crippen molar-refractivity contribution < 1.29 is 0 Å². The lowest BCUT2D eigenvalue weighted by molar-refractivity contribution is 1.07. The summed E-state index contributed by atoms with van der Waals surface area (Å²) in [5.74, 6) is 1.87. The van der Waals surface area contributed by atoms with Gasteiger partial charge in [0.15, 0.2) is 17.5 Å². The molecule has 13 rings (SSSR count). The molecule has 0 aliphatic heterocycles. The molecule has 5 heteroatoms. The average molecular weight is 842 g/mol. The van der Waals surface area contributed by atoms with E-state index in [1.165, 1.54) is 32.8 Å². The van der Waals surface area contributed by atoms with Crippen LogP contribution in [-0.4, -0.2) is 24.1 Å². The molecule has 0 fully saturated rings. The van der Waals surface area contributed by atoms with Crippen molar-refractivity contribution >= 4 is 54.4 Å². The Hall–Kier alpha value is -8.93. The van der Waals surface area contributed by atoms with Gasteiger partial charge in [0, 0.05) is 43.9 Å². The zero-order valence-electron chi connectivity index (χ0n) is 35.8. The number of benzene rings is 10. The molecular formula is C61H39N5. The van der Waals surface area contributed by atoms with Crippen molar-refractivity contribution in [2.75, 3.05) is 0 Å². The van der Waals surface area contributed by atoms with E-state index in [0.717, 1.165) is 71.9 Å². The topological polar surface area (TPSA) is 48.5 Å². The van der Waals surface area contributed by atoms with Crippen LogP contribution >= 0.6 is 0 Å². The van der Waals surface area contributed by atoms with E-state index in [0.29, 0.717) is 17.5 Å². The molecule has 0 N–H and O–H groups in total. The monoisotopic (exact) mass is 841 g/mol. The highest BCUT2D eigenvalue weighted by atomic mass is 15.1. The zero-order valence-corrected chi connectivity index (χ0v) is 35.8. The maximum absolute atomic E-state index is 5.24. The standard InChI is InChI=1S/C61H39N5/c1-3-14-40(15-4-1)42-26-28-43(29-27-42)44-30-33-45(34-31-44)59-62-60(47-35-32-41-16-7-8-17-46(41)38-47)64-61(63-59)48-36-37-56-53(39-48)51-21-10-12-24-55(51)66(56)57-25-13-22-52-50-20-9-11-23-54(50)65(58(52)57)49-18-5-2-6-19-49/h1-39H. The Morgan fingerprint density at radius 2 is 0.712 bits per heavy atom. The molecule has 308 valence electrons. The smallest absolute Gasteiger partial charge is 0.164 e. The van der Waals surface area contributed by atoms with Gasteiger partial charge >= 0.3 is 0 Å². The predicted molar refractivity (Wildman–Crippen MR) is 273 cm³/mol. The molecule has 0 amide bonds. The van der Waals surface area contributed by atoms with Crippen LogP contribution in [0.3, 0.4) is 0 Å². The lowest BCUT2D eigenvalue weighted by Gasteiger charge is -2.14. The lowest BCUT2D eigenvalue weighted by atomic mass is 9.99. The molecule has 0 aliphatic carbocycles. The zero-order chi connectivity index (χ0) is 43.6. The Balaban J connectivity index is 0.964. The summed E-state index contributed by atoms with van der Waals surface area (Å²) in [6, 6.07) is 84.0. The van der Waals surface area contributed by atoms with Gasteiger partial charge in [-0.2, -0.15) is 0 Å². The summed E-state index contributed by atoms with van der Waals surface area (Å²) in [5, 5.41) is 7.02. The number of hydrogen-bond acceptors (Lipinski definition) is 3. The van der Waals surface area contributed by atoms with Gasteiger partial charge in [0.25, 0.3) is 0 Å². The third-order valence-corrected chi connectivity index (χ3v) is 13.0. The van der Waals surface area contributed by atoms with Crippen molar-refractivity contribution in [2.24, 2.45) is 0 Å². The molecule has 0 saturated carbocycles. The van der Waals surface area contributed by atoms with E-state index in [1.807, 2.05) is 6.07 Å². The third kappa shape index (κ3) is 6.28. The second-order valence-corrected chi connectivity index (χ2v) is 16.8. The highest BCUT2D eigenvalue weighted by Gasteiger charge is 2.21. The van der Waals surface area contributed by atoms with Gasteiger partial charge in [-0.25, -0.2) is 15.0 Å². The molecule has 0 unspecified atom stereocenters. The predicted octanol–water partition coefficient (Wildman–Crippen LogP) is 15.6. The fourth-order valence-electron chi connectivity index (χ4n) is 9.79. The van der Waals surface area contributed by atoms with Crippen LogP contribution in [0.2, 0.25) is 0 Å². The fraction of sp³-hybridized carbons (Fsp3) is 0. The quantitative estimate of drug-likeness (QED) is 0.161. The largest absolute Gasteiger partial charge is 0.307 e. The minimum atomic E-state index is 0.619. The Kier molecular flexibility index (Phi) is 8.78. The van der Waals surface area contributed by atoms with Gasteiger partial charge in [0.1, 0.15) is 0 Å². The van der Waals surface area contributed by atoms with Gasteiger partial charge in [0.2, 0.25) is 0 Å². The second kappa shape index (κ2) is 15.4. The van der Waals surface area contributed by atoms with Crippen LogP contribution in [0.15, 0.2) is 237 Å².